The molecule has 0 aliphatic rings. The van der Waals surface area contributed by atoms with Gasteiger partial charge >= 0.3 is 0 Å². The molecule has 0 N–H and O–H groups in total. The van der Waals surface area contributed by atoms with Crippen LogP contribution in [-0.4, -0.2) is 34.6 Å². The molecule has 0 radical (unpaired) electrons. The van der Waals surface area contributed by atoms with E-state index in [0.29, 0.717) is 5.69 Å². The topological polar surface area (TPSA) is 38.1 Å². The maximum Gasteiger partial charge on any atom is 0.207 e. The van der Waals surface area contributed by atoms with Crippen LogP contribution >= 0.6 is 0 Å². The molecule has 4 nitrogen and oxygen atoms in total. The summed E-state index contributed by atoms with van der Waals surface area (Å²) in [6, 6.07) is 1.73. The highest BCUT2D eigenvalue weighted by molar-refractivity contribution is 6.02. The van der Waals surface area contributed by atoms with Crippen LogP contribution in [0.3, 0.4) is 0 Å². The molecule has 0 bridgehead atoms. The van der Waals surface area contributed by atoms with E-state index in [0.717, 1.165) is 6.54 Å². The third-order valence-electron chi connectivity index (χ3n) is 1.74. The molecule has 0 aromatic carbocycles. The summed E-state index contributed by atoms with van der Waals surface area (Å²) >= 11 is 0. The summed E-state index contributed by atoms with van der Waals surface area (Å²) in [4.78, 5) is 13.3. The number of rotatable bonds is 4. The van der Waals surface area contributed by atoms with Crippen LogP contribution in [0, 0.1) is 0 Å². The molecular weight excluding hydrogens is 178 g/mol. The number of allylic oxidation sites excluding steroid dienone is 1. The fraction of sp³-hybridized carbons (Fsp3) is 0.400. The Bertz CT molecular complexity index is 339. The van der Waals surface area contributed by atoms with E-state index in [9.17, 15) is 4.79 Å². The Kier molecular flexibility index (Phi) is 3.45. The molecule has 0 aliphatic heterocycles. The van der Waals surface area contributed by atoms with Gasteiger partial charge in [0.25, 0.3) is 0 Å². The van der Waals surface area contributed by atoms with Gasteiger partial charge in [-0.25, -0.2) is 0 Å². The SMILES string of the molecule is CCn1ccc(C(=O)/C=C/N(C)C)n1. The van der Waals surface area contributed by atoms with Gasteiger partial charge in [-0.2, -0.15) is 5.10 Å². The zero-order valence-electron chi connectivity index (χ0n) is 8.77. The van der Waals surface area contributed by atoms with E-state index in [2.05, 4.69) is 5.10 Å². The molecule has 0 atom stereocenters. The summed E-state index contributed by atoms with van der Waals surface area (Å²) in [6.45, 7) is 2.77. The van der Waals surface area contributed by atoms with Gasteiger partial charge in [-0.1, -0.05) is 0 Å². The van der Waals surface area contributed by atoms with E-state index in [1.165, 1.54) is 6.08 Å². The standard InChI is InChI=1S/C10H15N3O/c1-4-13-8-5-9(11-13)10(14)6-7-12(2)3/h5-8H,4H2,1-3H3/b7-6+. The second kappa shape index (κ2) is 4.60. The third kappa shape index (κ3) is 2.73. The van der Waals surface area contributed by atoms with E-state index < -0.39 is 0 Å². The molecule has 1 rings (SSSR count). The first-order chi connectivity index (χ1) is 6.63. The quantitative estimate of drug-likeness (QED) is 0.532. The van der Waals surface area contributed by atoms with Crippen LogP contribution in [0.4, 0.5) is 0 Å². The molecular formula is C10H15N3O. The van der Waals surface area contributed by atoms with Crippen LogP contribution in [-0.2, 0) is 6.54 Å². The van der Waals surface area contributed by atoms with E-state index in [-0.39, 0.29) is 5.78 Å². The maximum absolute atomic E-state index is 11.5. The fourth-order valence-electron chi connectivity index (χ4n) is 0.971. The van der Waals surface area contributed by atoms with E-state index in [1.807, 2.05) is 25.9 Å². The number of carbonyl (C=O) groups excluding carboxylic acids is 1. The fourth-order valence-corrected chi connectivity index (χ4v) is 0.971. The second-order valence-electron chi connectivity index (χ2n) is 3.20. The summed E-state index contributed by atoms with van der Waals surface area (Å²) in [6.07, 6.45) is 5.03. The van der Waals surface area contributed by atoms with Gasteiger partial charge in [-0.05, 0) is 13.0 Å². The molecule has 1 aromatic heterocycles. The van der Waals surface area contributed by atoms with Gasteiger partial charge in [0.2, 0.25) is 5.78 Å². The van der Waals surface area contributed by atoms with E-state index >= 15 is 0 Å². The first-order valence-electron chi connectivity index (χ1n) is 4.56. The average molecular weight is 193 g/mol. The minimum Gasteiger partial charge on any atom is -0.383 e. The van der Waals surface area contributed by atoms with Crippen molar-refractivity contribution >= 4 is 5.78 Å². The lowest BCUT2D eigenvalue weighted by Gasteiger charge is -2.01. The smallest absolute Gasteiger partial charge is 0.207 e. The van der Waals surface area contributed by atoms with Crippen molar-refractivity contribution < 1.29 is 4.79 Å². The van der Waals surface area contributed by atoms with Gasteiger partial charge in [0.1, 0.15) is 5.69 Å². The van der Waals surface area contributed by atoms with Gasteiger partial charge in [0.05, 0.1) is 0 Å². The predicted octanol–water partition coefficient (Wildman–Crippen LogP) is 1.16. The Hall–Kier alpha value is -1.58. The summed E-state index contributed by atoms with van der Waals surface area (Å²) in [7, 11) is 3.74. The molecule has 0 saturated carbocycles. The van der Waals surface area contributed by atoms with Crippen LogP contribution in [0.5, 0.6) is 0 Å². The van der Waals surface area contributed by atoms with Crippen molar-refractivity contribution in [2.75, 3.05) is 14.1 Å². The van der Waals surface area contributed by atoms with E-state index in [4.69, 9.17) is 0 Å². The molecule has 76 valence electrons. The first kappa shape index (κ1) is 10.5. The minimum absolute atomic E-state index is 0.0640. The van der Waals surface area contributed by atoms with Crippen molar-refractivity contribution in [3.63, 3.8) is 0 Å². The second-order valence-corrected chi connectivity index (χ2v) is 3.20. The third-order valence-corrected chi connectivity index (χ3v) is 1.74. The van der Waals surface area contributed by atoms with Crippen LogP contribution in [0.15, 0.2) is 24.5 Å². The lowest BCUT2D eigenvalue weighted by molar-refractivity contribution is 0.104. The number of aromatic nitrogens is 2. The van der Waals surface area contributed by atoms with Crippen LogP contribution in [0.25, 0.3) is 0 Å². The lowest BCUT2D eigenvalue weighted by atomic mass is 10.3. The maximum atomic E-state index is 11.5. The molecule has 0 saturated heterocycles. The highest BCUT2D eigenvalue weighted by Gasteiger charge is 2.04. The van der Waals surface area contributed by atoms with Gasteiger partial charge in [0.15, 0.2) is 0 Å². The Morgan fingerprint density at radius 3 is 2.86 bits per heavy atom. The zero-order valence-corrected chi connectivity index (χ0v) is 8.77. The number of hydrogen-bond donors (Lipinski definition) is 0. The number of hydrogen-bond acceptors (Lipinski definition) is 3. The monoisotopic (exact) mass is 193 g/mol. The summed E-state index contributed by atoms with van der Waals surface area (Å²) in [5.41, 5.74) is 0.491. The number of nitrogens with zero attached hydrogens (tertiary/aromatic N) is 3. The van der Waals surface area contributed by atoms with Crippen molar-refractivity contribution in [2.45, 2.75) is 13.5 Å². The van der Waals surface area contributed by atoms with Crippen molar-refractivity contribution in [3.05, 3.63) is 30.2 Å². The van der Waals surface area contributed by atoms with Gasteiger partial charge in [0, 0.05) is 39.1 Å². The highest BCUT2D eigenvalue weighted by atomic mass is 16.1. The van der Waals surface area contributed by atoms with Crippen LogP contribution < -0.4 is 0 Å². The predicted molar refractivity (Wildman–Crippen MR) is 55.1 cm³/mol. The Morgan fingerprint density at radius 2 is 2.36 bits per heavy atom. The normalized spacial score (nSPS) is 10.8. The van der Waals surface area contributed by atoms with Gasteiger partial charge < -0.3 is 4.90 Å². The van der Waals surface area contributed by atoms with Gasteiger partial charge in [-0.15, -0.1) is 0 Å². The Labute approximate surface area is 83.8 Å². The number of aryl methyl sites for hydroxylation is 1. The minimum atomic E-state index is -0.0640. The first-order valence-corrected chi connectivity index (χ1v) is 4.56. The van der Waals surface area contributed by atoms with Crippen molar-refractivity contribution in [1.29, 1.82) is 0 Å². The number of carbonyl (C=O) groups is 1. The average Bonchev–Trinajstić information content (AvgIpc) is 2.62. The van der Waals surface area contributed by atoms with E-state index in [1.54, 1.807) is 23.1 Å². The van der Waals surface area contributed by atoms with Crippen molar-refractivity contribution in [1.82, 2.24) is 14.7 Å². The largest absolute Gasteiger partial charge is 0.383 e. The molecule has 1 aromatic rings. The summed E-state index contributed by atoms with van der Waals surface area (Å²) in [5.74, 6) is -0.0640. The Morgan fingerprint density at radius 1 is 1.64 bits per heavy atom. The molecule has 14 heavy (non-hydrogen) atoms. The van der Waals surface area contributed by atoms with Crippen LogP contribution in [0.2, 0.25) is 0 Å². The molecule has 0 spiro atoms. The number of ketones is 1. The summed E-state index contributed by atoms with van der Waals surface area (Å²) in [5, 5.41) is 4.10. The van der Waals surface area contributed by atoms with Crippen LogP contribution in [0.1, 0.15) is 17.4 Å². The Balaban J connectivity index is 2.70. The van der Waals surface area contributed by atoms with Gasteiger partial charge in [-0.3, -0.25) is 9.48 Å². The highest BCUT2D eigenvalue weighted by Crippen LogP contribution is 1.98. The lowest BCUT2D eigenvalue weighted by Crippen LogP contribution is -2.04. The molecule has 0 unspecified atom stereocenters. The summed E-state index contributed by atoms with van der Waals surface area (Å²) < 4.78 is 1.73. The van der Waals surface area contributed by atoms with Crippen molar-refractivity contribution in [3.8, 4) is 0 Å². The molecule has 0 aliphatic carbocycles. The molecule has 0 amide bonds. The molecule has 1 heterocycles. The molecule has 4 heteroatoms. The zero-order chi connectivity index (χ0) is 10.6. The molecule has 0 fully saturated rings. The van der Waals surface area contributed by atoms with Crippen molar-refractivity contribution in [2.24, 2.45) is 0 Å².